The second kappa shape index (κ2) is 4.96. The van der Waals surface area contributed by atoms with E-state index in [-0.39, 0.29) is 11.8 Å². The topological polar surface area (TPSA) is 47.4 Å². The van der Waals surface area contributed by atoms with E-state index >= 15 is 0 Å². The Hall–Kier alpha value is -1.36. The number of hydrogen-bond acceptors (Lipinski definition) is 3. The summed E-state index contributed by atoms with van der Waals surface area (Å²) in [6.07, 6.45) is 4.60. The fraction of sp³-hybridized carbons (Fsp3) is 0.714. The molecule has 1 amide bonds. The largest absolute Gasteiger partial charge is 0.384 e. The number of rotatable bonds is 4. The van der Waals surface area contributed by atoms with Crippen LogP contribution >= 0.6 is 0 Å². The zero-order valence-corrected chi connectivity index (χ0v) is 11.6. The summed E-state index contributed by atoms with van der Waals surface area (Å²) in [6, 6.07) is 0. The normalized spacial score (nSPS) is 22.4. The molecule has 1 aliphatic heterocycles. The van der Waals surface area contributed by atoms with Crippen LogP contribution in [-0.2, 0) is 22.6 Å². The van der Waals surface area contributed by atoms with Gasteiger partial charge in [0.05, 0.1) is 25.0 Å². The van der Waals surface area contributed by atoms with Crippen LogP contribution in [0.5, 0.6) is 0 Å². The molecule has 1 fully saturated rings. The van der Waals surface area contributed by atoms with Crippen LogP contribution in [0.25, 0.3) is 0 Å². The predicted molar refractivity (Wildman–Crippen MR) is 70.7 cm³/mol. The molecule has 2 aliphatic rings. The third kappa shape index (κ3) is 2.52. The first kappa shape index (κ1) is 12.7. The van der Waals surface area contributed by atoms with Crippen molar-refractivity contribution in [1.82, 2.24) is 14.7 Å². The Labute approximate surface area is 113 Å². The Morgan fingerprint density at radius 1 is 1.53 bits per heavy atom. The van der Waals surface area contributed by atoms with E-state index in [9.17, 15) is 4.79 Å². The molecule has 0 saturated heterocycles. The molecule has 1 saturated carbocycles. The second-order valence-electron chi connectivity index (χ2n) is 5.72. The van der Waals surface area contributed by atoms with Gasteiger partial charge in [0.25, 0.3) is 0 Å². The number of amides is 1. The molecule has 3 rings (SSSR count). The van der Waals surface area contributed by atoms with Gasteiger partial charge < -0.3 is 9.64 Å². The maximum Gasteiger partial charge on any atom is 0.219 e. The Kier molecular flexibility index (Phi) is 3.31. The Morgan fingerprint density at radius 3 is 2.95 bits per heavy atom. The van der Waals surface area contributed by atoms with E-state index in [1.54, 1.807) is 14.0 Å². The van der Waals surface area contributed by atoms with Crippen molar-refractivity contribution in [2.75, 3.05) is 20.3 Å². The zero-order valence-electron chi connectivity index (χ0n) is 11.6. The van der Waals surface area contributed by atoms with E-state index in [1.807, 2.05) is 11.1 Å². The molecule has 1 unspecified atom stereocenters. The van der Waals surface area contributed by atoms with Crippen molar-refractivity contribution >= 4 is 5.91 Å². The number of hydrogen-bond donors (Lipinski definition) is 0. The van der Waals surface area contributed by atoms with E-state index in [4.69, 9.17) is 4.74 Å². The molecular formula is C14H21N3O2. The van der Waals surface area contributed by atoms with E-state index in [1.165, 1.54) is 24.1 Å². The predicted octanol–water partition coefficient (Wildman–Crippen LogP) is 1.39. The first-order chi connectivity index (χ1) is 9.19. The van der Waals surface area contributed by atoms with Crippen LogP contribution in [0.3, 0.4) is 0 Å². The van der Waals surface area contributed by atoms with Gasteiger partial charge in [0.15, 0.2) is 0 Å². The van der Waals surface area contributed by atoms with Crippen molar-refractivity contribution in [3.63, 3.8) is 0 Å². The first-order valence-corrected chi connectivity index (χ1v) is 6.98. The van der Waals surface area contributed by atoms with Gasteiger partial charge in [0.1, 0.15) is 0 Å². The summed E-state index contributed by atoms with van der Waals surface area (Å²) < 4.78 is 7.40. The third-order valence-corrected chi connectivity index (χ3v) is 4.14. The van der Waals surface area contributed by atoms with Crippen LogP contribution < -0.4 is 0 Å². The van der Waals surface area contributed by atoms with Gasteiger partial charge in [-0.15, -0.1) is 0 Å². The lowest BCUT2D eigenvalue weighted by molar-refractivity contribution is -0.130. The number of carbonyl (C=O) groups excluding carboxylic acids is 1. The quantitative estimate of drug-likeness (QED) is 0.824. The number of methoxy groups -OCH3 is 1. The minimum Gasteiger partial charge on any atom is -0.384 e. The lowest BCUT2D eigenvalue weighted by atomic mass is 9.95. The molecule has 1 aliphatic carbocycles. The third-order valence-electron chi connectivity index (χ3n) is 4.14. The number of nitrogens with zero attached hydrogens (tertiary/aromatic N) is 3. The lowest BCUT2D eigenvalue weighted by Crippen LogP contribution is -2.38. The van der Waals surface area contributed by atoms with Crippen LogP contribution in [0, 0.1) is 5.92 Å². The van der Waals surface area contributed by atoms with E-state index < -0.39 is 0 Å². The monoisotopic (exact) mass is 263 g/mol. The van der Waals surface area contributed by atoms with Gasteiger partial charge in [-0.1, -0.05) is 0 Å². The molecule has 1 aromatic heterocycles. The van der Waals surface area contributed by atoms with E-state index in [0.29, 0.717) is 13.2 Å². The summed E-state index contributed by atoms with van der Waals surface area (Å²) in [5.74, 6) is 1.18. The minimum atomic E-state index is 0.130. The maximum absolute atomic E-state index is 11.7. The smallest absolute Gasteiger partial charge is 0.219 e. The minimum absolute atomic E-state index is 0.130. The molecular weight excluding hydrogens is 242 g/mol. The fourth-order valence-corrected chi connectivity index (χ4v) is 2.83. The van der Waals surface area contributed by atoms with Crippen molar-refractivity contribution in [2.24, 2.45) is 5.92 Å². The number of fused-ring (bicyclic) bond motifs is 1. The van der Waals surface area contributed by atoms with Gasteiger partial charge in [-0.3, -0.25) is 9.48 Å². The summed E-state index contributed by atoms with van der Waals surface area (Å²) in [4.78, 5) is 13.6. The summed E-state index contributed by atoms with van der Waals surface area (Å²) >= 11 is 0. The molecule has 0 N–H and O–H groups in total. The lowest BCUT2D eigenvalue weighted by Gasteiger charge is -2.32. The molecule has 5 nitrogen and oxygen atoms in total. The molecule has 0 spiro atoms. The summed E-state index contributed by atoms with van der Waals surface area (Å²) in [7, 11) is 1.71. The summed E-state index contributed by atoms with van der Waals surface area (Å²) in [5.41, 5.74) is 2.47. The number of carbonyl (C=O) groups is 1. The van der Waals surface area contributed by atoms with Crippen molar-refractivity contribution in [3.05, 3.63) is 17.5 Å². The van der Waals surface area contributed by atoms with Gasteiger partial charge >= 0.3 is 0 Å². The highest BCUT2D eigenvalue weighted by atomic mass is 16.5. The molecule has 5 heteroatoms. The first-order valence-electron chi connectivity index (χ1n) is 6.98. The molecule has 104 valence electrons. The van der Waals surface area contributed by atoms with Crippen molar-refractivity contribution in [2.45, 2.75) is 38.8 Å². The fourth-order valence-electron chi connectivity index (χ4n) is 2.83. The Bertz CT molecular complexity index is 479. The van der Waals surface area contributed by atoms with Crippen LogP contribution in [0.15, 0.2) is 6.20 Å². The molecule has 0 bridgehead atoms. The molecule has 0 radical (unpaired) electrons. The number of ether oxygens (including phenoxy) is 1. The highest BCUT2D eigenvalue weighted by Crippen LogP contribution is 2.33. The second-order valence-corrected chi connectivity index (χ2v) is 5.72. The number of aromatic nitrogens is 2. The van der Waals surface area contributed by atoms with Gasteiger partial charge in [-0.2, -0.15) is 5.10 Å². The van der Waals surface area contributed by atoms with Crippen LogP contribution in [0.4, 0.5) is 0 Å². The Morgan fingerprint density at radius 2 is 2.32 bits per heavy atom. The van der Waals surface area contributed by atoms with Crippen molar-refractivity contribution in [1.29, 1.82) is 0 Å². The van der Waals surface area contributed by atoms with Crippen LogP contribution in [-0.4, -0.2) is 40.8 Å². The molecule has 1 atom stereocenters. The average Bonchev–Trinajstić information content (AvgIpc) is 3.10. The van der Waals surface area contributed by atoms with Gasteiger partial charge in [0.2, 0.25) is 5.91 Å². The van der Waals surface area contributed by atoms with E-state index in [2.05, 4.69) is 9.78 Å². The van der Waals surface area contributed by atoms with E-state index in [0.717, 1.165) is 19.0 Å². The van der Waals surface area contributed by atoms with Crippen molar-refractivity contribution < 1.29 is 9.53 Å². The van der Waals surface area contributed by atoms with Crippen molar-refractivity contribution in [3.8, 4) is 0 Å². The summed E-state index contributed by atoms with van der Waals surface area (Å²) in [5, 5.41) is 4.53. The highest BCUT2D eigenvalue weighted by molar-refractivity contribution is 5.73. The molecule has 19 heavy (non-hydrogen) atoms. The SMILES string of the molecule is COCC1CN(C(C)=O)Cc2c1cnn2CC1CC1. The maximum atomic E-state index is 11.7. The standard InChI is InChI=1S/C14H21N3O2/c1-10(18)16-7-12(9-19-2)13-5-15-17(14(13)8-16)6-11-3-4-11/h5,11-12H,3-4,6-9H2,1-2H3. The Balaban J connectivity index is 1.87. The zero-order chi connectivity index (χ0) is 13.4. The summed E-state index contributed by atoms with van der Waals surface area (Å²) in [6.45, 7) is 4.71. The highest BCUT2D eigenvalue weighted by Gasteiger charge is 2.31. The molecule has 0 aromatic carbocycles. The van der Waals surface area contributed by atoms with Gasteiger partial charge in [-0.05, 0) is 18.8 Å². The average molecular weight is 263 g/mol. The molecule has 2 heterocycles. The van der Waals surface area contributed by atoms with Gasteiger partial charge in [0, 0.05) is 38.6 Å². The van der Waals surface area contributed by atoms with Crippen LogP contribution in [0.2, 0.25) is 0 Å². The van der Waals surface area contributed by atoms with Gasteiger partial charge in [-0.25, -0.2) is 0 Å². The van der Waals surface area contributed by atoms with Crippen LogP contribution in [0.1, 0.15) is 36.9 Å². The molecule has 1 aromatic rings.